The number of unbranched alkanes of at least 4 members (excludes halogenated alkanes) is 2. The predicted molar refractivity (Wildman–Crippen MR) is 233 cm³/mol. The summed E-state index contributed by atoms with van der Waals surface area (Å²) in [6, 6.07) is 62.7. The Hall–Kier alpha value is -5.86. The number of hydrogen-bond acceptors (Lipinski definition) is 2. The number of anilines is 6. The van der Waals surface area contributed by atoms with E-state index in [2.05, 4.69) is 207 Å². The lowest BCUT2D eigenvalue weighted by Gasteiger charge is -2.28. The van der Waals surface area contributed by atoms with E-state index in [1.54, 1.807) is 0 Å². The van der Waals surface area contributed by atoms with E-state index in [0.717, 1.165) is 47.0 Å². The molecule has 0 aliphatic rings. The highest BCUT2D eigenvalue weighted by Gasteiger charge is 2.17. The summed E-state index contributed by atoms with van der Waals surface area (Å²) in [5.74, 6) is 0. The Kier molecular flexibility index (Phi) is 11.7. The van der Waals surface area contributed by atoms with Crippen LogP contribution in [0.25, 0.3) is 22.3 Å². The number of nitrogens with zero attached hydrogens (tertiary/aromatic N) is 2. The molecule has 0 saturated carbocycles. The molecule has 0 bridgehead atoms. The lowest BCUT2D eigenvalue weighted by atomic mass is 10.0. The van der Waals surface area contributed by atoms with Crippen LogP contribution in [0.1, 0.15) is 61.8 Å². The van der Waals surface area contributed by atoms with Crippen molar-refractivity contribution < 1.29 is 0 Å². The summed E-state index contributed by atoms with van der Waals surface area (Å²) in [7, 11) is 0. The lowest BCUT2D eigenvalue weighted by molar-refractivity contribution is 0.795. The highest BCUT2D eigenvalue weighted by atomic mass is 15.2. The van der Waals surface area contributed by atoms with Gasteiger partial charge in [-0.1, -0.05) is 135 Å². The standard InChI is InChI=1S/C52H52N2/c1-5-7-9-41-15-19-43(20-16-41)45-23-31-49(32-24-45)54(50-33-25-46(26-34-50)44-21-17-42(18-22-44)10-8-6-2)52-37-35-51(36-38-52)53(47-27-11-39(3)12-28-47)48-29-13-40(4)14-30-48/h11-38H,5-10H2,1-4H3. The van der Waals surface area contributed by atoms with Crippen LogP contribution >= 0.6 is 0 Å². The third kappa shape index (κ3) is 8.67. The molecule has 0 aliphatic heterocycles. The van der Waals surface area contributed by atoms with Gasteiger partial charge in [-0.15, -0.1) is 0 Å². The van der Waals surface area contributed by atoms with E-state index < -0.39 is 0 Å². The van der Waals surface area contributed by atoms with Gasteiger partial charge >= 0.3 is 0 Å². The van der Waals surface area contributed by atoms with Gasteiger partial charge in [0.05, 0.1) is 0 Å². The molecule has 2 heteroatoms. The smallest absolute Gasteiger partial charge is 0.0463 e. The first-order valence-corrected chi connectivity index (χ1v) is 19.7. The first-order valence-electron chi connectivity index (χ1n) is 19.7. The number of benzene rings is 7. The SMILES string of the molecule is CCCCc1ccc(-c2ccc(N(c3ccc(-c4ccc(CCCC)cc4)cc3)c3ccc(N(c4ccc(C)cc4)c4ccc(C)cc4)cc3)cc2)cc1. The molecule has 54 heavy (non-hydrogen) atoms. The van der Waals surface area contributed by atoms with Crippen LogP contribution in [0.5, 0.6) is 0 Å². The van der Waals surface area contributed by atoms with E-state index in [1.807, 2.05) is 0 Å². The molecule has 0 radical (unpaired) electrons. The van der Waals surface area contributed by atoms with Crippen LogP contribution in [0.4, 0.5) is 34.1 Å². The van der Waals surface area contributed by atoms with Gasteiger partial charge in [0.2, 0.25) is 0 Å². The summed E-state index contributed by atoms with van der Waals surface area (Å²) in [5, 5.41) is 0. The maximum Gasteiger partial charge on any atom is 0.0463 e. The minimum atomic E-state index is 1.10. The van der Waals surface area contributed by atoms with E-state index in [-0.39, 0.29) is 0 Å². The Bertz CT molecular complexity index is 2060. The summed E-state index contributed by atoms with van der Waals surface area (Å²) >= 11 is 0. The lowest BCUT2D eigenvalue weighted by Crippen LogP contribution is -2.12. The van der Waals surface area contributed by atoms with E-state index >= 15 is 0 Å². The molecule has 0 N–H and O–H groups in total. The van der Waals surface area contributed by atoms with Gasteiger partial charge in [0.1, 0.15) is 0 Å². The first kappa shape index (κ1) is 36.5. The van der Waals surface area contributed by atoms with Crippen LogP contribution in [0.15, 0.2) is 170 Å². The maximum absolute atomic E-state index is 2.36. The molecule has 0 atom stereocenters. The van der Waals surface area contributed by atoms with Crippen LogP contribution in [-0.2, 0) is 12.8 Å². The van der Waals surface area contributed by atoms with E-state index in [1.165, 1.54) is 70.2 Å². The number of hydrogen-bond donors (Lipinski definition) is 0. The minimum Gasteiger partial charge on any atom is -0.311 e. The molecule has 0 heterocycles. The minimum absolute atomic E-state index is 1.10. The van der Waals surface area contributed by atoms with E-state index in [0.29, 0.717) is 0 Å². The zero-order chi connectivity index (χ0) is 37.3. The van der Waals surface area contributed by atoms with Gasteiger partial charge in [0.25, 0.3) is 0 Å². The van der Waals surface area contributed by atoms with Crippen LogP contribution in [0.2, 0.25) is 0 Å². The normalized spacial score (nSPS) is 11.0. The molecule has 0 fully saturated rings. The summed E-state index contributed by atoms with van der Waals surface area (Å²) in [6.07, 6.45) is 7.17. The molecule has 0 saturated heterocycles. The van der Waals surface area contributed by atoms with Crippen molar-refractivity contribution in [1.82, 2.24) is 0 Å². The van der Waals surface area contributed by atoms with Gasteiger partial charge in [0, 0.05) is 34.1 Å². The molecule has 7 aromatic carbocycles. The van der Waals surface area contributed by atoms with Gasteiger partial charge in [-0.2, -0.15) is 0 Å². The van der Waals surface area contributed by atoms with E-state index in [4.69, 9.17) is 0 Å². The summed E-state index contributed by atoms with van der Waals surface area (Å²) in [5.41, 5.74) is 17.0. The molecule has 0 unspecified atom stereocenters. The Morgan fingerprint density at radius 2 is 0.519 bits per heavy atom. The fraction of sp³-hybridized carbons (Fsp3) is 0.192. The molecular formula is C52H52N2. The number of rotatable bonds is 14. The van der Waals surface area contributed by atoms with Crippen molar-refractivity contribution in [2.45, 2.75) is 66.2 Å². The van der Waals surface area contributed by atoms with E-state index in [9.17, 15) is 0 Å². The van der Waals surface area contributed by atoms with Crippen molar-refractivity contribution in [2.24, 2.45) is 0 Å². The first-order chi connectivity index (χ1) is 26.5. The monoisotopic (exact) mass is 704 g/mol. The second-order valence-corrected chi connectivity index (χ2v) is 14.6. The van der Waals surface area contributed by atoms with Gasteiger partial charge in [-0.25, -0.2) is 0 Å². The highest BCUT2D eigenvalue weighted by Crippen LogP contribution is 2.40. The Morgan fingerprint density at radius 3 is 0.778 bits per heavy atom. The molecule has 7 rings (SSSR count). The molecule has 7 aromatic rings. The average Bonchev–Trinajstić information content (AvgIpc) is 3.22. The molecule has 270 valence electrons. The fourth-order valence-electron chi connectivity index (χ4n) is 7.13. The Labute approximate surface area is 323 Å². The van der Waals surface area contributed by atoms with Crippen LogP contribution < -0.4 is 9.80 Å². The summed E-state index contributed by atoms with van der Waals surface area (Å²) in [6.45, 7) is 8.77. The van der Waals surface area contributed by atoms with Crippen LogP contribution in [0, 0.1) is 13.8 Å². The average molecular weight is 705 g/mol. The number of aryl methyl sites for hydroxylation is 4. The van der Waals surface area contributed by atoms with Gasteiger partial charge < -0.3 is 9.80 Å². The quantitative estimate of drug-likeness (QED) is 0.111. The van der Waals surface area contributed by atoms with Crippen molar-refractivity contribution in [3.05, 3.63) is 192 Å². The molecule has 0 aliphatic carbocycles. The summed E-state index contributed by atoms with van der Waals surface area (Å²) in [4.78, 5) is 4.69. The molecule has 0 spiro atoms. The van der Waals surface area contributed by atoms with Crippen LogP contribution in [0.3, 0.4) is 0 Å². The second kappa shape index (κ2) is 17.3. The van der Waals surface area contributed by atoms with Crippen molar-refractivity contribution in [2.75, 3.05) is 9.80 Å². The van der Waals surface area contributed by atoms with Crippen molar-refractivity contribution in [1.29, 1.82) is 0 Å². The third-order valence-electron chi connectivity index (χ3n) is 10.4. The third-order valence-corrected chi connectivity index (χ3v) is 10.4. The predicted octanol–water partition coefficient (Wildman–Crippen LogP) is 15.3. The van der Waals surface area contributed by atoms with Gasteiger partial charge in [0.15, 0.2) is 0 Å². The molecular weight excluding hydrogens is 653 g/mol. The maximum atomic E-state index is 2.36. The zero-order valence-electron chi connectivity index (χ0n) is 32.3. The largest absolute Gasteiger partial charge is 0.311 e. The van der Waals surface area contributed by atoms with Gasteiger partial charge in [-0.3, -0.25) is 0 Å². The van der Waals surface area contributed by atoms with Crippen molar-refractivity contribution >= 4 is 34.1 Å². The topological polar surface area (TPSA) is 6.48 Å². The Balaban J connectivity index is 1.23. The van der Waals surface area contributed by atoms with Crippen molar-refractivity contribution in [3.63, 3.8) is 0 Å². The molecule has 2 nitrogen and oxygen atoms in total. The summed E-state index contributed by atoms with van der Waals surface area (Å²) < 4.78 is 0. The van der Waals surface area contributed by atoms with Crippen molar-refractivity contribution in [3.8, 4) is 22.3 Å². The van der Waals surface area contributed by atoms with Gasteiger partial charge in [-0.05, 0) is 146 Å². The highest BCUT2D eigenvalue weighted by molar-refractivity contribution is 5.83. The molecule has 0 amide bonds. The second-order valence-electron chi connectivity index (χ2n) is 14.6. The fourth-order valence-corrected chi connectivity index (χ4v) is 7.13. The Morgan fingerprint density at radius 1 is 0.296 bits per heavy atom. The molecule has 0 aromatic heterocycles. The zero-order valence-corrected chi connectivity index (χ0v) is 32.3. The van der Waals surface area contributed by atoms with Crippen LogP contribution in [-0.4, -0.2) is 0 Å².